The highest BCUT2D eigenvalue weighted by molar-refractivity contribution is 7.18. The fourth-order valence-corrected chi connectivity index (χ4v) is 6.11. The minimum absolute atomic E-state index is 0. The third-order valence-corrected chi connectivity index (χ3v) is 8.20. The van der Waals surface area contributed by atoms with Crippen molar-refractivity contribution in [1.82, 2.24) is 20.3 Å². The van der Waals surface area contributed by atoms with Gasteiger partial charge in [-0.3, -0.25) is 4.98 Å². The molecule has 13 heteroatoms. The molecule has 1 N–H and O–H groups in total. The van der Waals surface area contributed by atoms with Gasteiger partial charge in [-0.15, -0.1) is 23.7 Å². The highest BCUT2D eigenvalue weighted by Gasteiger charge is 2.31. The van der Waals surface area contributed by atoms with Gasteiger partial charge < -0.3 is 15.0 Å². The average molecular weight is 614 g/mol. The lowest BCUT2D eigenvalue weighted by Crippen LogP contribution is -2.33. The normalized spacial score (nSPS) is 17.2. The molecule has 0 saturated heterocycles. The number of nitrogens with zero attached hydrogens (tertiary/aromatic N) is 4. The number of hydrogen-bond acceptors (Lipinski definition) is 7. The number of alkyl halides is 5. The minimum Gasteiger partial charge on any atom is -0.433 e. The van der Waals surface area contributed by atoms with Crippen LogP contribution in [0.1, 0.15) is 35.4 Å². The van der Waals surface area contributed by atoms with Gasteiger partial charge in [0.1, 0.15) is 22.7 Å². The predicted molar refractivity (Wildman–Crippen MR) is 152 cm³/mol. The predicted octanol–water partition coefficient (Wildman–Crippen LogP) is 7.34. The fourth-order valence-electron chi connectivity index (χ4n) is 5.09. The van der Waals surface area contributed by atoms with E-state index in [1.54, 1.807) is 25.3 Å². The summed E-state index contributed by atoms with van der Waals surface area (Å²) < 4.78 is 68.6. The quantitative estimate of drug-likeness (QED) is 0.199. The standard InChI is InChI=1S/C28H28F5N5OS.ClH/c1-16-24(39-27(29)30)9-19(14-34-16)18-5-3-17(4-6-18)13-35-20-7-8-21(10-20)38(2)25-23-11-22(12-28(31,32)33)40-26(23)37-15-36-25;/h3-6,9,11,14-15,20-21,27,35H,7-8,10,12-13H2,1-2H3;1H/t20-,21+;/m0./s1. The summed E-state index contributed by atoms with van der Waals surface area (Å²) in [6.45, 7) is -0.629. The number of fused-ring (bicyclic) bond motifs is 1. The molecule has 0 bridgehead atoms. The molecule has 0 aliphatic heterocycles. The van der Waals surface area contributed by atoms with Crippen molar-refractivity contribution in [1.29, 1.82) is 0 Å². The van der Waals surface area contributed by atoms with Gasteiger partial charge in [-0.2, -0.15) is 22.0 Å². The summed E-state index contributed by atoms with van der Waals surface area (Å²) in [7, 11) is 1.94. The van der Waals surface area contributed by atoms with Crippen molar-refractivity contribution in [3.8, 4) is 16.9 Å². The molecule has 0 unspecified atom stereocenters. The van der Waals surface area contributed by atoms with Gasteiger partial charge in [-0.1, -0.05) is 24.3 Å². The van der Waals surface area contributed by atoms with Crippen LogP contribution in [-0.4, -0.2) is 46.9 Å². The highest BCUT2D eigenvalue weighted by atomic mass is 35.5. The number of aryl methyl sites for hydroxylation is 1. The van der Waals surface area contributed by atoms with Crippen molar-refractivity contribution >= 4 is 39.8 Å². The second kappa shape index (κ2) is 12.8. The molecule has 3 aromatic heterocycles. The summed E-state index contributed by atoms with van der Waals surface area (Å²) in [4.78, 5) is 15.6. The maximum absolute atomic E-state index is 12.9. The molecule has 1 fully saturated rings. The van der Waals surface area contributed by atoms with Crippen molar-refractivity contribution in [2.45, 2.75) is 64.0 Å². The Labute approximate surface area is 244 Å². The smallest absolute Gasteiger partial charge is 0.393 e. The molecule has 5 rings (SSSR count). The first kappa shape index (κ1) is 30.9. The van der Waals surface area contributed by atoms with Gasteiger partial charge in [0.2, 0.25) is 0 Å². The number of rotatable bonds is 9. The highest BCUT2D eigenvalue weighted by Crippen LogP contribution is 2.36. The van der Waals surface area contributed by atoms with Gasteiger partial charge in [0.15, 0.2) is 0 Å². The van der Waals surface area contributed by atoms with Crippen LogP contribution in [0.25, 0.3) is 21.3 Å². The van der Waals surface area contributed by atoms with Crippen molar-refractivity contribution in [3.05, 3.63) is 65.1 Å². The zero-order valence-corrected chi connectivity index (χ0v) is 23.9. The number of anilines is 1. The number of thiophene rings is 1. The van der Waals surface area contributed by atoms with Gasteiger partial charge in [-0.25, -0.2) is 9.97 Å². The van der Waals surface area contributed by atoms with Crippen LogP contribution >= 0.6 is 23.7 Å². The molecule has 41 heavy (non-hydrogen) atoms. The van der Waals surface area contributed by atoms with Crippen LogP contribution in [0.4, 0.5) is 27.8 Å². The van der Waals surface area contributed by atoms with Crippen LogP contribution in [0.15, 0.2) is 48.9 Å². The third kappa shape index (κ3) is 7.60. The minimum atomic E-state index is -4.27. The second-order valence-corrected chi connectivity index (χ2v) is 11.1. The Hall–Kier alpha value is -3.09. The second-order valence-electron chi connectivity index (χ2n) is 9.96. The molecule has 2 atom stereocenters. The summed E-state index contributed by atoms with van der Waals surface area (Å²) in [5.41, 5.74) is 3.02. The van der Waals surface area contributed by atoms with Crippen molar-refractivity contribution in [3.63, 3.8) is 0 Å². The molecular formula is C28H29ClF5N5OS. The van der Waals surface area contributed by atoms with Crippen molar-refractivity contribution < 1.29 is 26.7 Å². The van der Waals surface area contributed by atoms with Gasteiger partial charge in [0.05, 0.1) is 17.5 Å². The van der Waals surface area contributed by atoms with E-state index in [9.17, 15) is 22.0 Å². The molecule has 0 radical (unpaired) electrons. The van der Waals surface area contributed by atoms with Crippen LogP contribution in [0.2, 0.25) is 0 Å². The van der Waals surface area contributed by atoms with E-state index in [0.29, 0.717) is 33.8 Å². The largest absolute Gasteiger partial charge is 0.433 e. The molecule has 220 valence electrons. The van der Waals surface area contributed by atoms with E-state index in [0.717, 1.165) is 41.7 Å². The Balaban J connectivity index is 0.00000387. The first-order valence-electron chi connectivity index (χ1n) is 12.8. The topological polar surface area (TPSA) is 63.2 Å². The Kier molecular flexibility index (Phi) is 9.66. The number of halogens is 6. The lowest BCUT2D eigenvalue weighted by Gasteiger charge is -2.26. The molecule has 1 aromatic carbocycles. The third-order valence-electron chi connectivity index (χ3n) is 7.16. The monoisotopic (exact) mass is 613 g/mol. The first-order chi connectivity index (χ1) is 19.1. The van der Waals surface area contributed by atoms with E-state index in [4.69, 9.17) is 0 Å². The Morgan fingerprint density at radius 1 is 1.07 bits per heavy atom. The van der Waals surface area contributed by atoms with Gasteiger partial charge in [-0.05, 0) is 49.4 Å². The maximum Gasteiger partial charge on any atom is 0.393 e. The summed E-state index contributed by atoms with van der Waals surface area (Å²) in [5, 5.41) is 4.26. The fraction of sp³-hybridized carbons (Fsp3) is 0.393. The zero-order valence-electron chi connectivity index (χ0n) is 22.3. The van der Waals surface area contributed by atoms with Crippen LogP contribution in [0, 0.1) is 6.92 Å². The van der Waals surface area contributed by atoms with Gasteiger partial charge in [0.25, 0.3) is 0 Å². The Morgan fingerprint density at radius 3 is 2.54 bits per heavy atom. The van der Waals surface area contributed by atoms with Crippen molar-refractivity contribution in [2.75, 3.05) is 11.9 Å². The number of pyridine rings is 1. The molecular weight excluding hydrogens is 585 g/mol. The molecule has 1 aliphatic carbocycles. The van der Waals surface area contributed by atoms with Crippen LogP contribution < -0.4 is 15.0 Å². The zero-order chi connectivity index (χ0) is 28.4. The van der Waals surface area contributed by atoms with E-state index in [1.807, 2.05) is 31.3 Å². The van der Waals surface area contributed by atoms with Crippen molar-refractivity contribution in [2.24, 2.45) is 0 Å². The van der Waals surface area contributed by atoms with Crippen LogP contribution in [0.5, 0.6) is 5.75 Å². The molecule has 6 nitrogen and oxygen atoms in total. The van der Waals surface area contributed by atoms with E-state index >= 15 is 0 Å². The van der Waals surface area contributed by atoms with Crippen LogP contribution in [-0.2, 0) is 13.0 Å². The van der Waals surface area contributed by atoms with E-state index in [2.05, 4.69) is 29.9 Å². The summed E-state index contributed by atoms with van der Waals surface area (Å²) in [6.07, 6.45) is 0.585. The van der Waals surface area contributed by atoms with Gasteiger partial charge >= 0.3 is 12.8 Å². The van der Waals surface area contributed by atoms with E-state index < -0.39 is 19.2 Å². The Morgan fingerprint density at radius 2 is 1.83 bits per heavy atom. The number of aromatic nitrogens is 3. The van der Waals surface area contributed by atoms with E-state index in [-0.39, 0.29) is 35.1 Å². The summed E-state index contributed by atoms with van der Waals surface area (Å²) >= 11 is 1.06. The lowest BCUT2D eigenvalue weighted by atomic mass is 10.0. The van der Waals surface area contributed by atoms with Crippen LogP contribution in [0.3, 0.4) is 0 Å². The average Bonchev–Trinajstić information content (AvgIpc) is 3.54. The molecule has 0 amide bonds. The van der Waals surface area contributed by atoms with Gasteiger partial charge in [0, 0.05) is 42.3 Å². The maximum atomic E-state index is 12.9. The molecule has 0 spiro atoms. The number of nitrogens with one attached hydrogen (secondary N) is 1. The SMILES string of the molecule is Cc1ncc(-c2ccc(CN[C@H]3CC[C@@H](N(C)c4ncnc5sc(CC(F)(F)F)cc45)C3)cc2)cc1OC(F)F.Cl. The molecule has 4 aromatic rings. The lowest BCUT2D eigenvalue weighted by molar-refractivity contribution is -0.126. The number of ether oxygens (including phenoxy) is 1. The molecule has 1 aliphatic rings. The number of benzene rings is 1. The van der Waals surface area contributed by atoms with E-state index in [1.165, 1.54) is 6.33 Å². The Bertz CT molecular complexity index is 1470. The summed E-state index contributed by atoms with van der Waals surface area (Å²) in [5.74, 6) is 0.714. The molecule has 3 heterocycles. The summed E-state index contributed by atoms with van der Waals surface area (Å²) in [6, 6.07) is 11.4. The first-order valence-corrected chi connectivity index (χ1v) is 13.6. The molecule has 1 saturated carbocycles. The number of hydrogen-bond donors (Lipinski definition) is 1.